The summed E-state index contributed by atoms with van der Waals surface area (Å²) >= 11 is 0. The number of nitrogens with zero attached hydrogens (tertiary/aromatic N) is 2. The van der Waals surface area contributed by atoms with Crippen LogP contribution in [0.3, 0.4) is 0 Å². The lowest BCUT2D eigenvalue weighted by molar-refractivity contribution is -0.905. The average molecular weight is 519 g/mol. The van der Waals surface area contributed by atoms with Crippen LogP contribution in [0.2, 0.25) is 0 Å². The molecule has 3 aliphatic rings. The molecule has 1 fully saturated rings. The minimum Gasteiger partial charge on any atom is -0.492 e. The molecular formula is C28H28N3O7+. The number of ether oxygens (including phenoxy) is 4. The fourth-order valence-corrected chi connectivity index (χ4v) is 4.79. The first-order valence-corrected chi connectivity index (χ1v) is 12.1. The Morgan fingerprint density at radius 2 is 1.82 bits per heavy atom. The lowest BCUT2D eigenvalue weighted by Crippen LogP contribution is -3.10. The van der Waals surface area contributed by atoms with Crippen LogP contribution in [-0.2, 0) is 16.0 Å². The lowest BCUT2D eigenvalue weighted by Gasteiger charge is -2.29. The van der Waals surface area contributed by atoms with Crippen LogP contribution in [-0.4, -0.2) is 75.8 Å². The number of carbonyl (C=O) groups excluding carboxylic acids is 3. The highest BCUT2D eigenvalue weighted by molar-refractivity contribution is 6.30. The number of amides is 4. The van der Waals surface area contributed by atoms with Gasteiger partial charge in [-0.05, 0) is 41.3 Å². The first-order chi connectivity index (χ1) is 18.3. The van der Waals surface area contributed by atoms with Crippen LogP contribution < -0.4 is 23.8 Å². The largest absolute Gasteiger partial charge is 0.492 e. The average Bonchev–Trinajstić information content (AvgIpc) is 3.40. The van der Waals surface area contributed by atoms with Gasteiger partial charge in [0.1, 0.15) is 17.9 Å². The maximum atomic E-state index is 12.4. The number of likely N-dealkylation sites (N-methyl/N-ethyl adjacent to an activating group) is 3. The second kappa shape index (κ2) is 10.1. The van der Waals surface area contributed by atoms with E-state index in [1.54, 1.807) is 31.4 Å². The summed E-state index contributed by atoms with van der Waals surface area (Å²) in [4.78, 5) is 39.8. The van der Waals surface area contributed by atoms with Crippen molar-refractivity contribution in [2.45, 2.75) is 12.5 Å². The third-order valence-electron chi connectivity index (χ3n) is 6.91. The highest BCUT2D eigenvalue weighted by Gasteiger charge is 2.38. The number of hydrogen-bond acceptors (Lipinski definition) is 7. The fourth-order valence-electron chi connectivity index (χ4n) is 4.79. The van der Waals surface area contributed by atoms with Gasteiger partial charge in [0.15, 0.2) is 17.5 Å². The van der Waals surface area contributed by atoms with Gasteiger partial charge in [0.25, 0.3) is 11.8 Å². The minimum absolute atomic E-state index is 0.0773. The number of benzene rings is 2. The van der Waals surface area contributed by atoms with Crippen LogP contribution in [0.4, 0.5) is 4.79 Å². The molecule has 3 aliphatic heterocycles. The van der Waals surface area contributed by atoms with Crippen LogP contribution in [0.1, 0.15) is 22.7 Å². The summed E-state index contributed by atoms with van der Waals surface area (Å²) < 4.78 is 22.8. The Morgan fingerprint density at radius 1 is 1.11 bits per heavy atom. The molecule has 1 saturated heterocycles. The van der Waals surface area contributed by atoms with Crippen molar-refractivity contribution in [3.05, 3.63) is 52.6 Å². The molecule has 0 aliphatic carbocycles. The third-order valence-corrected chi connectivity index (χ3v) is 6.91. The molecule has 5 rings (SSSR count). The Kier molecular flexibility index (Phi) is 6.70. The van der Waals surface area contributed by atoms with Crippen LogP contribution in [0.15, 0.2) is 35.9 Å². The fraction of sp³-hybridized carbons (Fsp3) is 0.321. The first kappa shape index (κ1) is 25.2. The molecule has 2 atom stereocenters. The Labute approximate surface area is 220 Å². The number of urea groups is 1. The number of carbonyl (C=O) groups is 3. The quantitative estimate of drug-likeness (QED) is 0.367. The van der Waals surface area contributed by atoms with Gasteiger partial charge in [-0.25, -0.2) is 4.79 Å². The molecular weight excluding hydrogens is 490 g/mol. The molecule has 38 heavy (non-hydrogen) atoms. The predicted octanol–water partition coefficient (Wildman–Crippen LogP) is 1.05. The number of hydrogen-bond donors (Lipinski definition) is 1. The summed E-state index contributed by atoms with van der Waals surface area (Å²) in [5.74, 6) is 7.81. The van der Waals surface area contributed by atoms with Crippen molar-refractivity contribution >= 4 is 23.9 Å². The number of quaternary nitrogens is 1. The van der Waals surface area contributed by atoms with Gasteiger partial charge in [-0.15, -0.1) is 0 Å². The van der Waals surface area contributed by atoms with E-state index in [0.717, 1.165) is 33.9 Å². The molecule has 1 N–H and O–H groups in total. The SMILES string of the molecule is COc1c2c(cc3c1[C@H](C#CCOc1ccc(C=C4C(=O)N(C)C(=O)N(C)C4=O)cc1)[NH+](C)CC3)OCO2. The minimum atomic E-state index is -0.656. The van der Waals surface area contributed by atoms with E-state index in [0.29, 0.717) is 28.6 Å². The lowest BCUT2D eigenvalue weighted by atomic mass is 9.91. The van der Waals surface area contributed by atoms with Crippen LogP contribution in [0, 0.1) is 11.8 Å². The summed E-state index contributed by atoms with van der Waals surface area (Å²) in [5, 5.41) is 0. The van der Waals surface area contributed by atoms with Crippen molar-refractivity contribution in [3.63, 3.8) is 0 Å². The zero-order valence-electron chi connectivity index (χ0n) is 21.6. The van der Waals surface area contributed by atoms with Crippen LogP contribution in [0.25, 0.3) is 6.08 Å². The van der Waals surface area contributed by atoms with Gasteiger partial charge in [-0.2, -0.15) is 0 Å². The molecule has 0 aromatic heterocycles. The smallest absolute Gasteiger partial charge is 0.333 e. The van der Waals surface area contributed by atoms with E-state index >= 15 is 0 Å². The summed E-state index contributed by atoms with van der Waals surface area (Å²) in [6, 6.07) is 8.20. The van der Waals surface area contributed by atoms with Crippen molar-refractivity contribution in [1.82, 2.24) is 9.80 Å². The zero-order valence-corrected chi connectivity index (χ0v) is 21.6. The molecule has 196 valence electrons. The maximum absolute atomic E-state index is 12.4. The Balaban J connectivity index is 1.28. The number of nitrogens with one attached hydrogen (secondary N) is 1. The van der Waals surface area contributed by atoms with Gasteiger partial charge in [0, 0.05) is 20.5 Å². The summed E-state index contributed by atoms with van der Waals surface area (Å²) in [5.41, 5.74) is 2.73. The van der Waals surface area contributed by atoms with Crippen molar-refractivity contribution in [1.29, 1.82) is 0 Å². The Morgan fingerprint density at radius 3 is 2.50 bits per heavy atom. The van der Waals surface area contributed by atoms with Gasteiger partial charge in [0.05, 0.1) is 26.3 Å². The molecule has 3 heterocycles. The molecule has 2 aromatic carbocycles. The summed E-state index contributed by atoms with van der Waals surface area (Å²) in [6.45, 7) is 1.29. The van der Waals surface area contributed by atoms with Crippen molar-refractivity contribution in [2.24, 2.45) is 0 Å². The van der Waals surface area contributed by atoms with E-state index < -0.39 is 17.8 Å². The summed E-state index contributed by atoms with van der Waals surface area (Å²) in [7, 11) is 6.42. The first-order valence-electron chi connectivity index (χ1n) is 12.1. The highest BCUT2D eigenvalue weighted by atomic mass is 16.7. The highest BCUT2D eigenvalue weighted by Crippen LogP contribution is 2.47. The van der Waals surface area contributed by atoms with E-state index in [4.69, 9.17) is 18.9 Å². The number of imide groups is 2. The second-order valence-electron chi connectivity index (χ2n) is 9.24. The molecule has 0 radical (unpaired) electrons. The monoisotopic (exact) mass is 518 g/mol. The van der Waals surface area contributed by atoms with Gasteiger partial charge in [-0.1, -0.05) is 18.1 Å². The normalized spacial score (nSPS) is 20.1. The van der Waals surface area contributed by atoms with Crippen molar-refractivity contribution in [2.75, 3.05) is 48.2 Å². The van der Waals surface area contributed by atoms with Gasteiger partial charge in [-0.3, -0.25) is 19.4 Å². The molecule has 1 unspecified atom stereocenters. The number of methoxy groups -OCH3 is 1. The Bertz CT molecular complexity index is 1380. The Hall–Kier alpha value is -4.49. The third kappa shape index (κ3) is 4.41. The van der Waals surface area contributed by atoms with E-state index in [1.165, 1.54) is 25.1 Å². The standard InChI is InChI=1S/C28H27N3O7/c1-29-12-11-18-15-22-24(38-16-37-22)25(35-4)23(18)21(29)6-5-13-36-19-9-7-17(8-10-19)14-20-26(32)30(2)28(34)31(3)27(20)33/h7-10,14-15,21H,11-13,16H2,1-4H3/p+1/t21-/m0/s1. The maximum Gasteiger partial charge on any atom is 0.333 e. The van der Waals surface area contributed by atoms with E-state index in [9.17, 15) is 14.4 Å². The second-order valence-corrected chi connectivity index (χ2v) is 9.24. The predicted molar refractivity (Wildman–Crippen MR) is 136 cm³/mol. The number of rotatable bonds is 4. The summed E-state index contributed by atoms with van der Waals surface area (Å²) in [6.07, 6.45) is 2.36. The molecule has 10 nitrogen and oxygen atoms in total. The molecule has 0 spiro atoms. The molecule has 4 amide bonds. The molecule has 2 aromatic rings. The van der Waals surface area contributed by atoms with Gasteiger partial charge in [0.2, 0.25) is 12.5 Å². The molecule has 10 heteroatoms. The van der Waals surface area contributed by atoms with Gasteiger partial charge < -0.3 is 23.8 Å². The molecule has 0 bridgehead atoms. The van der Waals surface area contributed by atoms with E-state index in [2.05, 4.69) is 18.9 Å². The van der Waals surface area contributed by atoms with Gasteiger partial charge >= 0.3 is 6.03 Å². The molecule has 0 saturated carbocycles. The number of fused-ring (bicyclic) bond motifs is 2. The van der Waals surface area contributed by atoms with Crippen molar-refractivity contribution in [3.8, 4) is 34.8 Å². The zero-order chi connectivity index (χ0) is 27.0. The van der Waals surface area contributed by atoms with Crippen LogP contribution >= 0.6 is 0 Å². The van der Waals surface area contributed by atoms with E-state index in [1.807, 2.05) is 6.07 Å². The van der Waals surface area contributed by atoms with E-state index in [-0.39, 0.29) is 25.0 Å². The number of barbiturate groups is 1. The van der Waals surface area contributed by atoms with Crippen LogP contribution in [0.5, 0.6) is 23.0 Å². The topological polar surface area (TPSA) is 99.1 Å². The van der Waals surface area contributed by atoms with Crippen molar-refractivity contribution < 1.29 is 38.2 Å².